The maximum atomic E-state index is 15.5. The number of anilines is 1. The van der Waals surface area contributed by atoms with Gasteiger partial charge in [-0.2, -0.15) is 0 Å². The van der Waals surface area contributed by atoms with Crippen molar-refractivity contribution in [3.05, 3.63) is 81.9 Å². The predicted molar refractivity (Wildman–Crippen MR) is 152 cm³/mol. The molecule has 0 radical (unpaired) electrons. The van der Waals surface area contributed by atoms with Gasteiger partial charge in [-0.05, 0) is 66.3 Å². The monoisotopic (exact) mass is 580 g/mol. The Balaban J connectivity index is 1.54. The molecule has 2 heterocycles. The number of aliphatic carboxylic acids is 1. The van der Waals surface area contributed by atoms with Gasteiger partial charge in [0.25, 0.3) is 0 Å². The van der Waals surface area contributed by atoms with Crippen LogP contribution in [0.3, 0.4) is 0 Å². The number of benzene rings is 3. The largest absolute Gasteiger partial charge is 0.497 e. The number of likely N-dealkylation sites (tertiary alicyclic amines) is 1. The molecule has 1 saturated heterocycles. The smallest absolute Gasteiger partial charge is 0.309 e. The van der Waals surface area contributed by atoms with Crippen LogP contribution >= 0.6 is 0 Å². The molecule has 2 aliphatic heterocycles. The second-order valence-corrected chi connectivity index (χ2v) is 10.6. The van der Waals surface area contributed by atoms with Gasteiger partial charge in [-0.1, -0.05) is 26.0 Å². The highest BCUT2D eigenvalue weighted by Crippen LogP contribution is 2.50. The number of hydrogen-bond acceptors (Lipinski definition) is 6. The summed E-state index contributed by atoms with van der Waals surface area (Å²) >= 11 is 0. The van der Waals surface area contributed by atoms with E-state index in [0.29, 0.717) is 46.9 Å². The van der Waals surface area contributed by atoms with Crippen molar-refractivity contribution < 1.29 is 37.7 Å². The first-order valence-corrected chi connectivity index (χ1v) is 14.0. The molecule has 0 aromatic heterocycles. The number of aryl methyl sites for hydroxylation is 2. The van der Waals surface area contributed by atoms with Crippen molar-refractivity contribution in [2.45, 2.75) is 45.6 Å². The van der Waals surface area contributed by atoms with Gasteiger partial charge in [0.15, 0.2) is 11.5 Å². The number of methoxy groups -OCH3 is 1. The van der Waals surface area contributed by atoms with Gasteiger partial charge in [0.2, 0.25) is 12.7 Å². The number of ether oxygens (including phenoxy) is 3. The minimum absolute atomic E-state index is 0.0709. The molecule has 222 valence electrons. The highest BCUT2D eigenvalue weighted by atomic mass is 19.1. The van der Waals surface area contributed by atoms with E-state index in [9.17, 15) is 19.1 Å². The van der Waals surface area contributed by atoms with Crippen molar-refractivity contribution in [2.24, 2.45) is 5.92 Å². The molecule has 8 nitrogen and oxygen atoms in total. The Hall–Kier alpha value is -4.18. The summed E-state index contributed by atoms with van der Waals surface area (Å²) in [5.41, 5.74) is 3.51. The average molecular weight is 581 g/mol. The molecule has 0 bridgehead atoms. The molecule has 3 aromatic carbocycles. The van der Waals surface area contributed by atoms with Gasteiger partial charge >= 0.3 is 5.97 Å². The lowest BCUT2D eigenvalue weighted by Gasteiger charge is -2.27. The maximum absolute atomic E-state index is 15.5. The predicted octanol–water partition coefficient (Wildman–Crippen LogP) is 5.62. The summed E-state index contributed by atoms with van der Waals surface area (Å²) in [6.07, 6.45) is 1.02. The van der Waals surface area contributed by atoms with Gasteiger partial charge in [-0.15, -0.1) is 0 Å². The van der Waals surface area contributed by atoms with Gasteiger partial charge in [0.1, 0.15) is 17.4 Å². The summed E-state index contributed by atoms with van der Waals surface area (Å²) < 4.78 is 46.0. The third-order valence-corrected chi connectivity index (χ3v) is 8.28. The van der Waals surface area contributed by atoms with Crippen LogP contribution in [0.15, 0.2) is 42.5 Å². The van der Waals surface area contributed by atoms with E-state index in [1.807, 2.05) is 26.8 Å². The van der Waals surface area contributed by atoms with Crippen LogP contribution in [0.1, 0.15) is 53.6 Å². The first kappa shape index (κ1) is 29.3. The number of halogens is 2. The number of carbonyl (C=O) groups is 2. The maximum Gasteiger partial charge on any atom is 0.309 e. The quantitative estimate of drug-likeness (QED) is 0.339. The summed E-state index contributed by atoms with van der Waals surface area (Å²) in [5, 5.41) is 13.5. The molecule has 3 aromatic rings. The Morgan fingerprint density at radius 3 is 2.36 bits per heavy atom. The molecular formula is C32H34F2N2O6. The molecular weight excluding hydrogens is 546 g/mol. The molecule has 10 heteroatoms. The highest BCUT2D eigenvalue weighted by molar-refractivity contribution is 5.94. The normalized spacial score (nSPS) is 19.6. The van der Waals surface area contributed by atoms with Crippen LogP contribution in [0.2, 0.25) is 0 Å². The number of fused-ring (bicyclic) bond motifs is 1. The van der Waals surface area contributed by atoms with E-state index in [-0.39, 0.29) is 31.3 Å². The number of rotatable bonds is 9. The van der Waals surface area contributed by atoms with Crippen molar-refractivity contribution in [3.63, 3.8) is 0 Å². The first-order chi connectivity index (χ1) is 20.2. The lowest BCUT2D eigenvalue weighted by atomic mass is 9.81. The summed E-state index contributed by atoms with van der Waals surface area (Å²) in [4.78, 5) is 28.2. The Morgan fingerprint density at radius 1 is 1.05 bits per heavy atom. The fourth-order valence-electron chi connectivity index (χ4n) is 6.29. The summed E-state index contributed by atoms with van der Waals surface area (Å²) in [7, 11) is 1.42. The van der Waals surface area contributed by atoms with Gasteiger partial charge < -0.3 is 24.6 Å². The summed E-state index contributed by atoms with van der Waals surface area (Å²) in [6.45, 7) is 5.63. The molecule has 1 amide bonds. The van der Waals surface area contributed by atoms with Crippen LogP contribution in [-0.2, 0) is 22.4 Å². The van der Waals surface area contributed by atoms with Gasteiger partial charge in [-0.25, -0.2) is 8.78 Å². The number of amides is 1. The number of nitrogens with zero attached hydrogens (tertiary/aromatic N) is 1. The zero-order valence-electron chi connectivity index (χ0n) is 24.0. The van der Waals surface area contributed by atoms with E-state index in [2.05, 4.69) is 5.32 Å². The SMILES string of the molecule is CCc1cc(F)cc(CC)c1NC(=O)CN1C[C@H](c2ccc3c(c2C)OCO3)[C@@H](C(=O)O)[C@@H]1c1ccc(OC)cc1F. The van der Waals surface area contributed by atoms with Crippen molar-refractivity contribution >= 4 is 17.6 Å². The van der Waals surface area contributed by atoms with E-state index in [1.165, 1.54) is 31.4 Å². The summed E-state index contributed by atoms with van der Waals surface area (Å²) in [5.74, 6) is -2.76. The molecule has 0 spiro atoms. The molecule has 2 aliphatic rings. The minimum atomic E-state index is -1.11. The Bertz CT molecular complexity index is 1500. The van der Waals surface area contributed by atoms with Crippen molar-refractivity contribution in [1.82, 2.24) is 4.90 Å². The van der Waals surface area contributed by atoms with Crippen LogP contribution in [0.5, 0.6) is 17.2 Å². The first-order valence-electron chi connectivity index (χ1n) is 14.0. The molecule has 0 aliphatic carbocycles. The lowest BCUT2D eigenvalue weighted by Crippen LogP contribution is -2.36. The second-order valence-electron chi connectivity index (χ2n) is 10.6. The highest BCUT2D eigenvalue weighted by Gasteiger charge is 2.49. The summed E-state index contributed by atoms with van der Waals surface area (Å²) in [6, 6.07) is 9.71. The number of carboxylic acids is 1. The number of hydrogen-bond donors (Lipinski definition) is 2. The van der Waals surface area contributed by atoms with Crippen LogP contribution in [0.25, 0.3) is 0 Å². The third-order valence-electron chi connectivity index (χ3n) is 8.28. The van der Waals surface area contributed by atoms with Gasteiger partial charge in [0, 0.05) is 29.8 Å². The molecule has 5 rings (SSSR count). The van der Waals surface area contributed by atoms with E-state index in [4.69, 9.17) is 14.2 Å². The number of carbonyl (C=O) groups excluding carboxylic acids is 1. The van der Waals surface area contributed by atoms with E-state index >= 15 is 4.39 Å². The topological polar surface area (TPSA) is 97.3 Å². The Labute approximate surface area is 243 Å². The molecule has 1 fully saturated rings. The molecule has 0 saturated carbocycles. The number of carboxylic acid groups (broad SMARTS) is 1. The molecule has 3 atom stereocenters. The van der Waals surface area contributed by atoms with Crippen molar-refractivity contribution in [3.8, 4) is 17.2 Å². The third kappa shape index (κ3) is 5.38. The fourth-order valence-corrected chi connectivity index (χ4v) is 6.29. The van der Waals surface area contributed by atoms with E-state index < -0.39 is 35.6 Å². The van der Waals surface area contributed by atoms with Crippen molar-refractivity contribution in [1.29, 1.82) is 0 Å². The van der Waals surface area contributed by atoms with Crippen LogP contribution in [0, 0.1) is 24.5 Å². The molecule has 42 heavy (non-hydrogen) atoms. The van der Waals surface area contributed by atoms with E-state index in [1.54, 1.807) is 17.0 Å². The van der Waals surface area contributed by atoms with Crippen LogP contribution in [-0.4, -0.2) is 48.9 Å². The Kier molecular flexibility index (Phi) is 8.36. The Morgan fingerprint density at radius 2 is 1.74 bits per heavy atom. The zero-order valence-corrected chi connectivity index (χ0v) is 24.0. The number of nitrogens with one attached hydrogen (secondary N) is 1. The van der Waals surface area contributed by atoms with Crippen LogP contribution in [0.4, 0.5) is 14.5 Å². The lowest BCUT2D eigenvalue weighted by molar-refractivity contribution is -0.143. The molecule has 2 N–H and O–H groups in total. The second kappa shape index (κ2) is 12.0. The van der Waals surface area contributed by atoms with E-state index in [0.717, 1.165) is 11.1 Å². The van der Waals surface area contributed by atoms with Gasteiger partial charge in [-0.3, -0.25) is 14.5 Å². The van der Waals surface area contributed by atoms with Crippen LogP contribution < -0.4 is 19.5 Å². The van der Waals surface area contributed by atoms with Crippen molar-refractivity contribution in [2.75, 3.05) is 32.3 Å². The molecule has 0 unspecified atom stereocenters. The average Bonchev–Trinajstić information content (AvgIpc) is 3.59. The standard InChI is InChI=1S/C32H34F2N2O6/c1-5-18-11-20(33)12-19(6-2)29(18)35-27(37)15-36-14-24(22-9-10-26-31(17(22)3)42-16-41-26)28(32(38)39)30(36)23-8-7-21(40-4)13-25(23)34/h7-13,24,28,30H,5-6,14-16H2,1-4H3,(H,35,37)(H,38,39)/t24-,28-,30+/m1/s1. The van der Waals surface area contributed by atoms with Gasteiger partial charge in [0.05, 0.1) is 25.6 Å². The fraction of sp³-hybridized carbons (Fsp3) is 0.375. The minimum Gasteiger partial charge on any atom is -0.497 e. The zero-order chi connectivity index (χ0) is 30.1.